The molecule has 228 valence electrons. The Morgan fingerprint density at radius 1 is 1.02 bits per heavy atom. The van der Waals surface area contributed by atoms with Crippen molar-refractivity contribution in [2.24, 2.45) is 7.05 Å². The molecule has 0 saturated carbocycles. The lowest BCUT2D eigenvalue weighted by Gasteiger charge is -2.38. The summed E-state index contributed by atoms with van der Waals surface area (Å²) in [7, 11) is 3.55. The molecule has 3 aliphatic heterocycles. The Morgan fingerprint density at radius 2 is 1.84 bits per heavy atom. The maximum absolute atomic E-state index is 14.4. The number of benzene rings is 4. The van der Waals surface area contributed by atoms with Gasteiger partial charge in [0.1, 0.15) is 17.2 Å². The highest BCUT2D eigenvalue weighted by molar-refractivity contribution is 6.07. The highest BCUT2D eigenvalue weighted by Gasteiger charge is 2.34. The second-order valence-electron chi connectivity index (χ2n) is 11.3. The Bertz CT molecular complexity index is 1950. The number of aromatic hydroxyl groups is 1. The van der Waals surface area contributed by atoms with E-state index in [1.807, 2.05) is 83.4 Å². The van der Waals surface area contributed by atoms with Gasteiger partial charge in [-0.2, -0.15) is 0 Å². The van der Waals surface area contributed by atoms with Crippen LogP contribution in [0.1, 0.15) is 49.9 Å². The number of aromatic nitrogens is 1. The molecule has 3 aliphatic rings. The number of fused-ring (bicyclic) bond motifs is 7. The third-order valence-corrected chi connectivity index (χ3v) is 8.55. The first-order valence-electron chi connectivity index (χ1n) is 15.0. The number of ether oxygens (including phenoxy) is 3. The van der Waals surface area contributed by atoms with Gasteiger partial charge >= 0.3 is 0 Å². The van der Waals surface area contributed by atoms with E-state index >= 15 is 0 Å². The van der Waals surface area contributed by atoms with Crippen LogP contribution in [0.15, 0.2) is 85.1 Å². The second-order valence-corrected chi connectivity index (χ2v) is 11.3. The molecule has 0 spiro atoms. The normalized spacial score (nSPS) is 16.3. The van der Waals surface area contributed by atoms with Crippen molar-refractivity contribution >= 4 is 22.7 Å². The summed E-state index contributed by atoms with van der Waals surface area (Å²) in [6.45, 7) is 1.15. The van der Waals surface area contributed by atoms with E-state index in [1.54, 1.807) is 13.2 Å². The predicted molar refractivity (Wildman–Crippen MR) is 170 cm³/mol. The maximum atomic E-state index is 14.4. The molecule has 0 radical (unpaired) electrons. The lowest BCUT2D eigenvalue weighted by Crippen LogP contribution is -2.40. The minimum Gasteiger partial charge on any atom is -0.507 e. The van der Waals surface area contributed by atoms with Crippen LogP contribution in [-0.2, 0) is 13.5 Å². The molecule has 45 heavy (non-hydrogen) atoms. The number of nitrogens with zero attached hydrogens (tertiary/aromatic N) is 2. The average Bonchev–Trinajstić information content (AvgIpc) is 3.40. The van der Waals surface area contributed by atoms with Gasteiger partial charge in [0.05, 0.1) is 30.9 Å². The molecule has 9 nitrogen and oxygen atoms in total. The van der Waals surface area contributed by atoms with E-state index in [-0.39, 0.29) is 23.3 Å². The zero-order valence-electron chi connectivity index (χ0n) is 25.1. The Hall–Kier alpha value is -5.44. The van der Waals surface area contributed by atoms with E-state index in [1.165, 1.54) is 12.1 Å². The number of methoxy groups -OCH3 is 1. The number of hydrogen-bond acceptors (Lipinski definition) is 6. The summed E-state index contributed by atoms with van der Waals surface area (Å²) in [6, 6.07) is 23.8. The van der Waals surface area contributed by atoms with Crippen LogP contribution in [0.25, 0.3) is 10.9 Å². The van der Waals surface area contributed by atoms with Crippen molar-refractivity contribution in [3.63, 3.8) is 0 Å². The number of hydrogen-bond donors (Lipinski definition) is 2. The molecule has 0 saturated heterocycles. The van der Waals surface area contributed by atoms with Gasteiger partial charge < -0.3 is 34.1 Å². The van der Waals surface area contributed by atoms with Crippen molar-refractivity contribution in [2.75, 3.05) is 26.8 Å². The summed E-state index contributed by atoms with van der Waals surface area (Å²) < 4.78 is 20.0. The molecule has 4 aromatic carbocycles. The van der Waals surface area contributed by atoms with Crippen LogP contribution in [0.2, 0.25) is 0 Å². The number of para-hydroxylation sites is 1. The summed E-state index contributed by atoms with van der Waals surface area (Å²) in [5.74, 6) is 1.58. The van der Waals surface area contributed by atoms with Crippen LogP contribution < -0.4 is 19.5 Å². The van der Waals surface area contributed by atoms with E-state index < -0.39 is 5.91 Å². The van der Waals surface area contributed by atoms with E-state index in [2.05, 4.69) is 5.32 Å². The molecular weight excluding hydrogens is 570 g/mol. The number of carbonyl (C=O) groups excluding carboxylic acids is 2. The molecule has 4 heterocycles. The zero-order chi connectivity index (χ0) is 31.1. The van der Waals surface area contributed by atoms with Gasteiger partial charge in [-0.15, -0.1) is 0 Å². The fraction of sp³-hybridized carbons (Fsp3) is 0.222. The van der Waals surface area contributed by atoms with Crippen LogP contribution in [0, 0.1) is 0 Å². The number of phenolic OH excluding ortho intramolecular Hbond substituents is 1. The molecule has 2 amide bonds. The van der Waals surface area contributed by atoms with Crippen molar-refractivity contribution in [1.29, 1.82) is 0 Å². The van der Waals surface area contributed by atoms with E-state index in [0.717, 1.165) is 27.6 Å². The number of aryl methyl sites for hydroxylation is 1. The summed E-state index contributed by atoms with van der Waals surface area (Å²) in [5, 5.41) is 14.1. The fourth-order valence-corrected chi connectivity index (χ4v) is 6.34. The third-order valence-electron chi connectivity index (χ3n) is 8.55. The molecule has 1 atom stereocenters. The molecule has 5 aromatic rings. The number of carbonyl (C=O) groups is 2. The van der Waals surface area contributed by atoms with Gasteiger partial charge in [0.25, 0.3) is 11.8 Å². The zero-order valence-corrected chi connectivity index (χ0v) is 25.1. The van der Waals surface area contributed by atoms with Gasteiger partial charge in [0.15, 0.2) is 11.5 Å². The number of amides is 2. The lowest BCUT2D eigenvalue weighted by molar-refractivity contribution is 0.0695. The van der Waals surface area contributed by atoms with Crippen molar-refractivity contribution in [1.82, 2.24) is 14.8 Å². The molecule has 2 N–H and O–H groups in total. The first-order valence-corrected chi connectivity index (χ1v) is 15.0. The smallest absolute Gasteiger partial charge is 0.256 e. The quantitative estimate of drug-likeness (QED) is 0.257. The standard InChI is InChI=1S/C36H33N3O6/c1-38-21-29(27-6-3-4-7-30(27)38)36(42)39-16-14-22-18-24-9-11-26(22)34(39)23-8-13-32(43-2)33(19-23)44-17-5-15-37-35(41)28-20-25(45-24)10-12-31(28)40/h3-4,6-13,18-21,34,40H,5,14-17H2,1-2H3,(H,37,41). The van der Waals surface area contributed by atoms with E-state index in [9.17, 15) is 14.7 Å². The highest BCUT2D eigenvalue weighted by atomic mass is 16.5. The van der Waals surface area contributed by atoms with Crippen molar-refractivity contribution in [3.8, 4) is 28.7 Å². The highest BCUT2D eigenvalue weighted by Crippen LogP contribution is 2.42. The molecule has 1 aromatic heterocycles. The average molecular weight is 604 g/mol. The summed E-state index contributed by atoms with van der Waals surface area (Å²) >= 11 is 0. The lowest BCUT2D eigenvalue weighted by atomic mass is 9.87. The molecule has 8 bridgehead atoms. The number of rotatable bonds is 2. The van der Waals surface area contributed by atoms with Gasteiger partial charge in [-0.05, 0) is 78.1 Å². The topological polar surface area (TPSA) is 102 Å². The van der Waals surface area contributed by atoms with Gasteiger partial charge in [-0.1, -0.05) is 30.3 Å². The van der Waals surface area contributed by atoms with E-state index in [4.69, 9.17) is 14.2 Å². The van der Waals surface area contributed by atoms with Crippen LogP contribution >= 0.6 is 0 Å². The van der Waals surface area contributed by atoms with Crippen LogP contribution in [0.5, 0.6) is 28.7 Å². The van der Waals surface area contributed by atoms with Crippen LogP contribution in [0.3, 0.4) is 0 Å². The van der Waals surface area contributed by atoms with Crippen molar-refractivity contribution in [3.05, 3.63) is 113 Å². The summed E-state index contributed by atoms with van der Waals surface area (Å²) in [5.41, 5.74) is 4.72. The summed E-state index contributed by atoms with van der Waals surface area (Å²) in [6.07, 6.45) is 3.06. The van der Waals surface area contributed by atoms with Crippen molar-refractivity contribution < 1.29 is 28.9 Å². The molecule has 9 heteroatoms. The third kappa shape index (κ3) is 5.20. The Morgan fingerprint density at radius 3 is 2.71 bits per heavy atom. The Labute approximate surface area is 260 Å². The Kier molecular flexibility index (Phi) is 7.29. The number of phenols is 1. The maximum Gasteiger partial charge on any atom is 0.256 e. The Balaban J connectivity index is 1.35. The van der Waals surface area contributed by atoms with E-state index in [0.29, 0.717) is 61.1 Å². The second kappa shape index (κ2) is 11.6. The van der Waals surface area contributed by atoms with Crippen molar-refractivity contribution in [2.45, 2.75) is 18.9 Å². The molecule has 8 rings (SSSR count). The van der Waals surface area contributed by atoms with Crippen LogP contribution in [0.4, 0.5) is 0 Å². The SMILES string of the molecule is COc1ccc2cc1OCCCNC(=O)c1cc(ccc1O)Oc1ccc3c(c1)CCN(C(=O)c1cn(C)c4ccccc14)C23. The molecule has 0 fully saturated rings. The summed E-state index contributed by atoms with van der Waals surface area (Å²) in [4.78, 5) is 29.2. The largest absolute Gasteiger partial charge is 0.507 e. The molecule has 1 unspecified atom stereocenters. The fourth-order valence-electron chi connectivity index (χ4n) is 6.34. The van der Waals surface area contributed by atoms with Gasteiger partial charge in [0.2, 0.25) is 0 Å². The monoisotopic (exact) mass is 603 g/mol. The molecule has 0 aliphatic carbocycles. The van der Waals surface area contributed by atoms with Gasteiger partial charge in [0, 0.05) is 37.2 Å². The molecular formula is C36H33N3O6. The predicted octanol–water partition coefficient (Wildman–Crippen LogP) is 5.99. The first kappa shape index (κ1) is 28.3. The van der Waals surface area contributed by atoms with Gasteiger partial charge in [-0.25, -0.2) is 0 Å². The number of nitrogens with one attached hydrogen (secondary N) is 1. The minimum atomic E-state index is -0.400. The van der Waals surface area contributed by atoms with Gasteiger partial charge in [-0.3, -0.25) is 9.59 Å². The first-order chi connectivity index (χ1) is 21.9. The van der Waals surface area contributed by atoms with Crippen LogP contribution in [-0.4, -0.2) is 53.2 Å². The minimum absolute atomic E-state index is 0.0458.